The van der Waals surface area contributed by atoms with Crippen molar-refractivity contribution in [2.75, 3.05) is 39.5 Å². The quantitative estimate of drug-likeness (QED) is 0.0743. The van der Waals surface area contributed by atoms with E-state index in [9.17, 15) is 19.5 Å². The van der Waals surface area contributed by atoms with Crippen LogP contribution < -0.4 is 14.8 Å². The molecule has 4 aromatic carbocycles. The van der Waals surface area contributed by atoms with E-state index in [1.54, 1.807) is 22.9 Å². The van der Waals surface area contributed by atoms with Gasteiger partial charge >= 0.3 is 0 Å². The standard InChI is InChI=1S/C50H54ClN5O7/c1-31-29-36(15-19-41(31)51)45-35(14-18-39(47(45)57)43-30-33(3)53-54(43)4)13-10-34-11-16-37(17-12-34)63-38-21-24-55(25-22-38)23-6-26-61-27-28-62-44-8-5-7-40-46(44)50(60)56(49(40)59)42-20-9-32(2)52-48(42)58/h5,7-8,11-12,14-19,29-30,38,42,57H,2,6,9-10,13,20-28H2,1,3-4H3,(H,52,58). The van der Waals surface area contributed by atoms with Crippen molar-refractivity contribution in [1.82, 2.24) is 24.9 Å². The van der Waals surface area contributed by atoms with Gasteiger partial charge in [-0.1, -0.05) is 48.5 Å². The number of likely N-dealkylation sites (tertiary alicyclic amines) is 1. The number of aromatic hydroxyl groups is 1. The van der Waals surface area contributed by atoms with Gasteiger partial charge in [0, 0.05) is 55.1 Å². The number of halogens is 1. The number of fused-ring (bicyclic) bond motifs is 1. The van der Waals surface area contributed by atoms with Gasteiger partial charge in [-0.25, -0.2) is 0 Å². The number of aromatic nitrogens is 2. The van der Waals surface area contributed by atoms with E-state index in [4.69, 9.17) is 25.8 Å². The van der Waals surface area contributed by atoms with Crippen LogP contribution in [0.3, 0.4) is 0 Å². The minimum atomic E-state index is -0.870. The average Bonchev–Trinajstić information content (AvgIpc) is 3.74. The Morgan fingerprint density at radius 1 is 0.873 bits per heavy atom. The third kappa shape index (κ3) is 9.68. The summed E-state index contributed by atoms with van der Waals surface area (Å²) in [6, 6.07) is 24.4. The smallest absolute Gasteiger partial charge is 0.266 e. The van der Waals surface area contributed by atoms with E-state index in [1.165, 1.54) is 5.56 Å². The second-order valence-electron chi connectivity index (χ2n) is 16.7. The van der Waals surface area contributed by atoms with Gasteiger partial charge in [0.25, 0.3) is 11.8 Å². The molecule has 2 saturated heterocycles. The minimum Gasteiger partial charge on any atom is -0.507 e. The SMILES string of the molecule is C=C1CCC(N2C(=O)c3cccc(OCCOCCCN4CCC(Oc5ccc(CCc6ccc(-c7cc(C)nn7C)c(O)c6-c6ccc(Cl)c(C)c6)cc5)CC4)c3C2=O)C(=O)N1. The monoisotopic (exact) mass is 871 g/mol. The van der Waals surface area contributed by atoms with Crippen LogP contribution in [0.15, 0.2) is 91.1 Å². The fourth-order valence-corrected chi connectivity index (χ4v) is 8.99. The normalized spacial score (nSPS) is 17.0. The van der Waals surface area contributed by atoms with Crippen molar-refractivity contribution >= 4 is 29.3 Å². The third-order valence-electron chi connectivity index (χ3n) is 12.2. The van der Waals surface area contributed by atoms with E-state index in [0.29, 0.717) is 42.5 Å². The van der Waals surface area contributed by atoms with Gasteiger partial charge in [-0.05, 0) is 130 Å². The Morgan fingerprint density at radius 2 is 1.67 bits per heavy atom. The predicted octanol–water partition coefficient (Wildman–Crippen LogP) is 8.23. The molecule has 2 N–H and O–H groups in total. The van der Waals surface area contributed by atoms with Crippen LogP contribution in [0.5, 0.6) is 17.2 Å². The van der Waals surface area contributed by atoms with Gasteiger partial charge in [-0.2, -0.15) is 5.10 Å². The van der Waals surface area contributed by atoms with Gasteiger partial charge in [-0.15, -0.1) is 0 Å². The predicted molar refractivity (Wildman–Crippen MR) is 242 cm³/mol. The molecule has 5 aromatic rings. The summed E-state index contributed by atoms with van der Waals surface area (Å²) in [5.74, 6) is 0.0214. The molecule has 3 amide bonds. The molecule has 328 valence electrons. The van der Waals surface area contributed by atoms with E-state index in [1.807, 2.05) is 51.2 Å². The average molecular weight is 872 g/mol. The van der Waals surface area contributed by atoms with E-state index < -0.39 is 23.8 Å². The first-order valence-electron chi connectivity index (χ1n) is 21.8. The van der Waals surface area contributed by atoms with Crippen molar-refractivity contribution in [2.45, 2.75) is 70.9 Å². The molecule has 1 unspecified atom stereocenters. The van der Waals surface area contributed by atoms with Crippen LogP contribution in [0.1, 0.15) is 75.2 Å². The van der Waals surface area contributed by atoms with E-state index in [-0.39, 0.29) is 29.6 Å². The van der Waals surface area contributed by atoms with Crippen molar-refractivity contribution in [1.29, 1.82) is 0 Å². The molecular formula is C50H54ClN5O7. The molecule has 63 heavy (non-hydrogen) atoms. The topological polar surface area (TPSA) is 135 Å². The number of imide groups is 1. The van der Waals surface area contributed by atoms with Crippen LogP contribution >= 0.6 is 11.6 Å². The number of carbonyl (C=O) groups excluding carboxylic acids is 3. The Balaban J connectivity index is 0.759. The summed E-state index contributed by atoms with van der Waals surface area (Å²) in [4.78, 5) is 42.5. The van der Waals surface area contributed by atoms with Crippen LogP contribution in [-0.2, 0) is 29.4 Å². The first-order chi connectivity index (χ1) is 30.4. The molecule has 0 aliphatic carbocycles. The Labute approximate surface area is 373 Å². The largest absolute Gasteiger partial charge is 0.507 e. The van der Waals surface area contributed by atoms with Crippen molar-refractivity contribution in [3.8, 4) is 39.6 Å². The molecule has 1 atom stereocenters. The lowest BCUT2D eigenvalue weighted by Crippen LogP contribution is -2.51. The van der Waals surface area contributed by atoms with Gasteiger partial charge in [0.05, 0.1) is 29.1 Å². The highest BCUT2D eigenvalue weighted by Gasteiger charge is 2.45. The van der Waals surface area contributed by atoms with E-state index >= 15 is 0 Å². The van der Waals surface area contributed by atoms with Crippen molar-refractivity contribution in [3.05, 3.63) is 130 Å². The lowest BCUT2D eigenvalue weighted by Gasteiger charge is -2.32. The number of hydrogen-bond acceptors (Lipinski definition) is 9. The van der Waals surface area contributed by atoms with Crippen molar-refractivity contribution in [3.63, 3.8) is 0 Å². The summed E-state index contributed by atoms with van der Waals surface area (Å²) in [6.45, 7) is 11.7. The zero-order chi connectivity index (χ0) is 44.2. The summed E-state index contributed by atoms with van der Waals surface area (Å²) < 4.78 is 20.0. The highest BCUT2D eigenvalue weighted by molar-refractivity contribution is 6.31. The van der Waals surface area contributed by atoms with Gasteiger partial charge in [-0.3, -0.25) is 24.0 Å². The Morgan fingerprint density at radius 3 is 2.40 bits per heavy atom. The molecule has 0 saturated carbocycles. The molecular weight excluding hydrogens is 818 g/mol. The lowest BCUT2D eigenvalue weighted by atomic mass is 9.90. The maximum absolute atomic E-state index is 13.3. The Hall–Kier alpha value is -5.95. The van der Waals surface area contributed by atoms with Crippen LogP contribution in [0.2, 0.25) is 5.02 Å². The number of piperidine rings is 2. The number of phenols is 1. The van der Waals surface area contributed by atoms with E-state index in [0.717, 1.165) is 102 Å². The molecule has 0 radical (unpaired) electrons. The zero-order valence-corrected chi connectivity index (χ0v) is 36.9. The number of phenolic OH excluding ortho intramolecular Hbond substituents is 1. The third-order valence-corrected chi connectivity index (χ3v) is 12.6. The van der Waals surface area contributed by atoms with Crippen LogP contribution in [0.4, 0.5) is 0 Å². The van der Waals surface area contributed by atoms with Gasteiger partial charge in [0.2, 0.25) is 5.91 Å². The van der Waals surface area contributed by atoms with Crippen LogP contribution in [0.25, 0.3) is 22.4 Å². The first kappa shape index (κ1) is 43.7. The second kappa shape index (κ2) is 19.2. The number of nitrogens with one attached hydrogen (secondary N) is 1. The molecule has 1 aromatic heterocycles. The number of carbonyl (C=O) groups is 3. The van der Waals surface area contributed by atoms with Crippen LogP contribution in [-0.4, -0.2) is 94.0 Å². The van der Waals surface area contributed by atoms with Crippen molar-refractivity contribution < 1.29 is 33.7 Å². The maximum Gasteiger partial charge on any atom is 0.266 e. The molecule has 4 heterocycles. The van der Waals surface area contributed by atoms with Gasteiger partial charge in [0.15, 0.2) is 0 Å². The second-order valence-corrected chi connectivity index (χ2v) is 17.1. The number of amides is 3. The molecule has 12 nitrogen and oxygen atoms in total. The first-order valence-corrected chi connectivity index (χ1v) is 22.1. The minimum absolute atomic E-state index is 0.157. The Kier molecular flexibility index (Phi) is 13.3. The maximum atomic E-state index is 13.3. The van der Waals surface area contributed by atoms with Crippen molar-refractivity contribution in [2.24, 2.45) is 7.05 Å². The fourth-order valence-electron chi connectivity index (χ4n) is 8.88. The molecule has 0 spiro atoms. The molecule has 3 aliphatic heterocycles. The number of ether oxygens (including phenoxy) is 3. The van der Waals surface area contributed by atoms with Gasteiger partial charge in [0.1, 0.15) is 36.0 Å². The highest BCUT2D eigenvalue weighted by atomic mass is 35.5. The highest BCUT2D eigenvalue weighted by Crippen LogP contribution is 2.42. The summed E-state index contributed by atoms with van der Waals surface area (Å²) in [5, 5.41) is 19.6. The lowest BCUT2D eigenvalue weighted by molar-refractivity contribution is -0.125. The molecule has 8 rings (SSSR count). The molecule has 3 aliphatic rings. The van der Waals surface area contributed by atoms with Crippen LogP contribution in [0, 0.1) is 13.8 Å². The Bertz CT molecular complexity index is 2530. The summed E-state index contributed by atoms with van der Waals surface area (Å²) >= 11 is 6.39. The molecule has 2 fully saturated rings. The fraction of sp³-hybridized carbons (Fsp3) is 0.360. The molecule has 13 heteroatoms. The zero-order valence-electron chi connectivity index (χ0n) is 36.1. The number of benzene rings is 4. The number of aryl methyl sites for hydroxylation is 5. The number of nitrogens with zero attached hydrogens (tertiary/aromatic N) is 4. The number of hydrogen-bond donors (Lipinski definition) is 2. The van der Waals surface area contributed by atoms with E-state index in [2.05, 4.69) is 52.2 Å². The number of allylic oxidation sites excluding steroid dienone is 1. The summed E-state index contributed by atoms with van der Waals surface area (Å²) in [5.41, 5.74) is 8.45. The summed E-state index contributed by atoms with van der Waals surface area (Å²) in [6.07, 6.45) is 5.32. The summed E-state index contributed by atoms with van der Waals surface area (Å²) in [7, 11) is 1.89. The van der Waals surface area contributed by atoms with Gasteiger partial charge < -0.3 is 29.5 Å². The number of rotatable bonds is 16. The molecule has 0 bridgehead atoms.